The van der Waals surface area contributed by atoms with Crippen LogP contribution in [-0.4, -0.2) is 9.55 Å². The lowest BCUT2D eigenvalue weighted by molar-refractivity contribution is 0.966. The van der Waals surface area contributed by atoms with E-state index < -0.39 is 0 Å². The van der Waals surface area contributed by atoms with Gasteiger partial charge in [0.05, 0.1) is 17.2 Å². The molecule has 28 heavy (non-hydrogen) atoms. The molecule has 4 heteroatoms. The van der Waals surface area contributed by atoms with Crippen LogP contribution in [0.3, 0.4) is 0 Å². The van der Waals surface area contributed by atoms with Gasteiger partial charge in [-0.2, -0.15) is 5.26 Å². The van der Waals surface area contributed by atoms with Crippen molar-refractivity contribution >= 4 is 38.5 Å². The van der Waals surface area contributed by atoms with Gasteiger partial charge in [0.2, 0.25) is 0 Å². The van der Waals surface area contributed by atoms with Gasteiger partial charge < -0.3 is 4.57 Å². The molecule has 0 atom stereocenters. The van der Waals surface area contributed by atoms with E-state index in [1.807, 2.05) is 48.7 Å². The standard InChI is InChI=1S/C24H18BrN3/c1-16-12-20(13-21(15-26)18-5-7-22(25)8-6-18)17(2)28(16)23-9-10-24-19(14-23)4-3-11-27-24/h3-14H,1-2H3. The minimum Gasteiger partial charge on any atom is -0.318 e. The van der Waals surface area contributed by atoms with Crippen molar-refractivity contribution in [2.75, 3.05) is 0 Å². The molecule has 136 valence electrons. The summed E-state index contributed by atoms with van der Waals surface area (Å²) in [6.45, 7) is 4.17. The highest BCUT2D eigenvalue weighted by atomic mass is 79.9. The van der Waals surface area contributed by atoms with Crippen LogP contribution in [0.25, 0.3) is 28.2 Å². The fourth-order valence-corrected chi connectivity index (χ4v) is 3.76. The summed E-state index contributed by atoms with van der Waals surface area (Å²) in [6, 6.07) is 22.6. The summed E-state index contributed by atoms with van der Waals surface area (Å²) in [4.78, 5) is 4.40. The van der Waals surface area contributed by atoms with Crippen molar-refractivity contribution < 1.29 is 0 Å². The third-order valence-electron chi connectivity index (χ3n) is 4.89. The van der Waals surface area contributed by atoms with Gasteiger partial charge in [-0.05, 0) is 73.5 Å². The van der Waals surface area contributed by atoms with Crippen LogP contribution in [-0.2, 0) is 0 Å². The van der Waals surface area contributed by atoms with Gasteiger partial charge in [-0.25, -0.2) is 0 Å². The molecule has 0 aliphatic heterocycles. The van der Waals surface area contributed by atoms with Gasteiger partial charge in [0.15, 0.2) is 0 Å². The number of fused-ring (bicyclic) bond motifs is 1. The lowest BCUT2D eigenvalue weighted by Gasteiger charge is -2.10. The predicted molar refractivity (Wildman–Crippen MR) is 118 cm³/mol. The van der Waals surface area contributed by atoms with Crippen molar-refractivity contribution in [3.63, 3.8) is 0 Å². The molecule has 0 spiro atoms. The molecule has 0 fully saturated rings. The van der Waals surface area contributed by atoms with E-state index in [2.05, 4.69) is 69.7 Å². The van der Waals surface area contributed by atoms with Gasteiger partial charge in [0, 0.05) is 33.1 Å². The summed E-state index contributed by atoms with van der Waals surface area (Å²) in [6.07, 6.45) is 3.77. The monoisotopic (exact) mass is 427 g/mol. The second-order valence-corrected chi connectivity index (χ2v) is 7.63. The summed E-state index contributed by atoms with van der Waals surface area (Å²) >= 11 is 3.44. The van der Waals surface area contributed by atoms with Crippen molar-refractivity contribution in [3.8, 4) is 11.8 Å². The van der Waals surface area contributed by atoms with Crippen LogP contribution in [0.4, 0.5) is 0 Å². The van der Waals surface area contributed by atoms with Gasteiger partial charge in [-0.15, -0.1) is 0 Å². The van der Waals surface area contributed by atoms with E-state index in [0.717, 1.165) is 43.6 Å². The maximum atomic E-state index is 9.67. The fraction of sp³-hybridized carbons (Fsp3) is 0.0833. The maximum Gasteiger partial charge on any atom is 0.0998 e. The number of pyridine rings is 1. The smallest absolute Gasteiger partial charge is 0.0998 e. The van der Waals surface area contributed by atoms with E-state index in [0.29, 0.717) is 5.57 Å². The summed E-state index contributed by atoms with van der Waals surface area (Å²) in [5.41, 5.74) is 6.91. The van der Waals surface area contributed by atoms with E-state index in [1.54, 1.807) is 0 Å². The first-order chi connectivity index (χ1) is 13.6. The summed E-state index contributed by atoms with van der Waals surface area (Å²) in [5.74, 6) is 0. The Bertz CT molecular complexity index is 1240. The van der Waals surface area contributed by atoms with Crippen molar-refractivity contribution in [2.24, 2.45) is 0 Å². The zero-order valence-electron chi connectivity index (χ0n) is 15.6. The van der Waals surface area contributed by atoms with Gasteiger partial charge in [-0.1, -0.05) is 34.1 Å². The van der Waals surface area contributed by atoms with Crippen molar-refractivity contribution in [2.45, 2.75) is 13.8 Å². The Morgan fingerprint density at radius 2 is 1.86 bits per heavy atom. The maximum absolute atomic E-state index is 9.67. The molecule has 0 N–H and O–H groups in total. The molecule has 0 amide bonds. The molecule has 0 radical (unpaired) electrons. The van der Waals surface area contributed by atoms with E-state index in [4.69, 9.17) is 0 Å². The Labute approximate surface area is 172 Å². The molecule has 0 saturated heterocycles. The minimum atomic E-state index is 0.649. The first kappa shape index (κ1) is 18.2. The zero-order valence-corrected chi connectivity index (χ0v) is 17.2. The van der Waals surface area contributed by atoms with Crippen LogP contribution < -0.4 is 0 Å². The lowest BCUT2D eigenvalue weighted by atomic mass is 10.0. The molecule has 0 aliphatic rings. The SMILES string of the molecule is Cc1cc(C=C(C#N)c2ccc(Br)cc2)c(C)n1-c1ccc2ncccc2c1. The van der Waals surface area contributed by atoms with Crippen LogP contribution in [0, 0.1) is 25.2 Å². The molecule has 4 aromatic rings. The van der Waals surface area contributed by atoms with Gasteiger partial charge in [0.1, 0.15) is 0 Å². The molecule has 0 bridgehead atoms. The average Bonchev–Trinajstić information content (AvgIpc) is 2.99. The van der Waals surface area contributed by atoms with Crippen LogP contribution in [0.15, 0.2) is 71.3 Å². The highest BCUT2D eigenvalue weighted by molar-refractivity contribution is 9.10. The van der Waals surface area contributed by atoms with E-state index in [9.17, 15) is 5.26 Å². The Morgan fingerprint density at radius 1 is 1.07 bits per heavy atom. The van der Waals surface area contributed by atoms with Gasteiger partial charge in [-0.3, -0.25) is 4.98 Å². The fourth-order valence-electron chi connectivity index (χ4n) is 3.50. The van der Waals surface area contributed by atoms with Gasteiger partial charge >= 0.3 is 0 Å². The zero-order chi connectivity index (χ0) is 19.7. The second-order valence-electron chi connectivity index (χ2n) is 6.72. The topological polar surface area (TPSA) is 41.6 Å². The van der Waals surface area contributed by atoms with Crippen LogP contribution in [0.1, 0.15) is 22.5 Å². The highest BCUT2D eigenvalue weighted by Gasteiger charge is 2.11. The van der Waals surface area contributed by atoms with Crippen LogP contribution in [0.5, 0.6) is 0 Å². The van der Waals surface area contributed by atoms with Crippen molar-refractivity contribution in [3.05, 3.63) is 93.8 Å². The number of nitrogens with zero attached hydrogens (tertiary/aromatic N) is 3. The third-order valence-corrected chi connectivity index (χ3v) is 5.42. The first-order valence-electron chi connectivity index (χ1n) is 8.98. The van der Waals surface area contributed by atoms with E-state index in [1.165, 1.54) is 0 Å². The number of nitriles is 1. The number of hydrogen-bond donors (Lipinski definition) is 0. The van der Waals surface area contributed by atoms with Crippen molar-refractivity contribution in [1.82, 2.24) is 9.55 Å². The molecule has 2 heterocycles. The number of aromatic nitrogens is 2. The van der Waals surface area contributed by atoms with E-state index >= 15 is 0 Å². The Kier molecular flexibility index (Phi) is 4.85. The average molecular weight is 428 g/mol. The second kappa shape index (κ2) is 7.46. The number of benzene rings is 2. The Balaban J connectivity index is 1.80. The number of halogens is 1. The minimum absolute atomic E-state index is 0.649. The molecular weight excluding hydrogens is 410 g/mol. The quantitative estimate of drug-likeness (QED) is 0.351. The number of aryl methyl sites for hydroxylation is 1. The molecule has 4 rings (SSSR count). The molecule has 3 nitrogen and oxygen atoms in total. The number of allylic oxidation sites excluding steroid dienone is 1. The molecule has 2 aromatic carbocycles. The normalized spacial score (nSPS) is 11.6. The highest BCUT2D eigenvalue weighted by Crippen LogP contribution is 2.27. The first-order valence-corrected chi connectivity index (χ1v) is 9.78. The molecule has 2 aromatic heterocycles. The molecule has 0 unspecified atom stereocenters. The molecule has 0 aliphatic carbocycles. The Morgan fingerprint density at radius 3 is 2.61 bits per heavy atom. The molecule has 0 saturated carbocycles. The number of rotatable bonds is 3. The molecular formula is C24H18BrN3. The third kappa shape index (κ3) is 3.37. The predicted octanol–water partition coefficient (Wildman–Crippen LogP) is 6.47. The van der Waals surface area contributed by atoms with Gasteiger partial charge in [0.25, 0.3) is 0 Å². The Hall–Kier alpha value is -3.16. The van der Waals surface area contributed by atoms with Crippen molar-refractivity contribution in [1.29, 1.82) is 5.26 Å². The summed E-state index contributed by atoms with van der Waals surface area (Å²) in [5, 5.41) is 10.8. The summed E-state index contributed by atoms with van der Waals surface area (Å²) < 4.78 is 3.21. The largest absolute Gasteiger partial charge is 0.318 e. The number of hydrogen-bond acceptors (Lipinski definition) is 2. The summed E-state index contributed by atoms with van der Waals surface area (Å²) in [7, 11) is 0. The van der Waals surface area contributed by atoms with Crippen LogP contribution >= 0.6 is 15.9 Å². The van der Waals surface area contributed by atoms with Crippen LogP contribution in [0.2, 0.25) is 0 Å². The van der Waals surface area contributed by atoms with E-state index in [-0.39, 0.29) is 0 Å². The lowest BCUT2D eigenvalue weighted by Crippen LogP contribution is -1.99.